The molecule has 206 valence electrons. The Morgan fingerprint density at radius 1 is 1.23 bits per heavy atom. The molecule has 12 heteroatoms. The normalized spacial score (nSPS) is 28.5. The number of nitrogens with one attached hydrogen (secondary N) is 2. The van der Waals surface area contributed by atoms with Gasteiger partial charge in [-0.25, -0.2) is 13.8 Å². The van der Waals surface area contributed by atoms with Gasteiger partial charge in [-0.2, -0.15) is 10.1 Å². The van der Waals surface area contributed by atoms with Crippen LogP contribution in [0.15, 0.2) is 24.4 Å². The highest BCUT2D eigenvalue weighted by Crippen LogP contribution is 2.72. The van der Waals surface area contributed by atoms with Gasteiger partial charge in [0.25, 0.3) is 11.8 Å². The number of rotatable bonds is 7. The number of hydrogen-bond acceptors (Lipinski definition) is 8. The van der Waals surface area contributed by atoms with Gasteiger partial charge in [-0.1, -0.05) is 6.07 Å². The molecule has 2 aliphatic carbocycles. The number of ether oxygens (including phenoxy) is 1. The first-order valence-corrected chi connectivity index (χ1v) is 13.5. The molecule has 2 aliphatic heterocycles. The molecule has 3 aromatic rings. The summed E-state index contributed by atoms with van der Waals surface area (Å²) in [5, 5.41) is 11.2. The van der Waals surface area contributed by atoms with Crippen molar-refractivity contribution in [1.82, 2.24) is 30.0 Å². The van der Waals surface area contributed by atoms with Gasteiger partial charge in [0.1, 0.15) is 16.8 Å². The Kier molecular flexibility index (Phi) is 5.49. The molecule has 2 atom stereocenters. The summed E-state index contributed by atoms with van der Waals surface area (Å²) in [5.41, 5.74) is 7.89. The van der Waals surface area contributed by atoms with Crippen LogP contribution in [0.5, 0.6) is 5.75 Å². The van der Waals surface area contributed by atoms with Gasteiger partial charge in [0.05, 0.1) is 19.9 Å². The summed E-state index contributed by atoms with van der Waals surface area (Å²) in [6, 6.07) is 5.53. The maximum atomic E-state index is 13.6. The van der Waals surface area contributed by atoms with E-state index in [1.54, 1.807) is 24.1 Å². The second-order valence-electron chi connectivity index (χ2n) is 11.7. The molecular weight excluding hydrogens is 506 g/mol. The molecule has 2 aromatic heterocycles. The van der Waals surface area contributed by atoms with E-state index in [9.17, 15) is 13.6 Å². The maximum Gasteiger partial charge on any atom is 0.254 e. The first-order valence-electron chi connectivity index (χ1n) is 13.5. The number of carbonyl (C=O) groups is 1. The van der Waals surface area contributed by atoms with Gasteiger partial charge in [-0.15, -0.1) is 0 Å². The maximum absolute atomic E-state index is 13.6. The summed E-state index contributed by atoms with van der Waals surface area (Å²) in [4.78, 5) is 23.9. The zero-order chi connectivity index (χ0) is 26.9. The highest BCUT2D eigenvalue weighted by Gasteiger charge is 2.75. The van der Waals surface area contributed by atoms with E-state index < -0.39 is 11.3 Å². The predicted molar refractivity (Wildman–Crippen MR) is 141 cm³/mol. The smallest absolute Gasteiger partial charge is 0.254 e. The molecule has 1 spiro atoms. The van der Waals surface area contributed by atoms with Gasteiger partial charge in [-0.05, 0) is 42.7 Å². The number of amides is 1. The van der Waals surface area contributed by atoms with Gasteiger partial charge < -0.3 is 26.0 Å². The molecule has 0 radical (unpaired) electrons. The quantitative estimate of drug-likeness (QED) is 0.420. The second-order valence-corrected chi connectivity index (χ2v) is 11.7. The lowest BCUT2D eigenvalue weighted by atomic mass is 9.71. The fourth-order valence-electron chi connectivity index (χ4n) is 6.89. The third-order valence-electron chi connectivity index (χ3n) is 9.16. The molecule has 4 heterocycles. The number of hydrogen-bond donors (Lipinski definition) is 3. The van der Waals surface area contributed by atoms with Gasteiger partial charge in [-0.3, -0.25) is 9.48 Å². The van der Waals surface area contributed by atoms with Crippen molar-refractivity contribution in [3.05, 3.63) is 35.5 Å². The van der Waals surface area contributed by atoms with Crippen LogP contribution in [-0.4, -0.2) is 76.3 Å². The number of nitrogen functional groups attached to an aromatic ring is 1. The minimum Gasteiger partial charge on any atom is -0.496 e. The largest absolute Gasteiger partial charge is 0.496 e. The van der Waals surface area contributed by atoms with Crippen LogP contribution in [0.1, 0.15) is 35.2 Å². The molecule has 1 amide bonds. The second kappa shape index (κ2) is 8.73. The first kappa shape index (κ1) is 24.5. The van der Waals surface area contributed by atoms with Crippen molar-refractivity contribution in [3.63, 3.8) is 0 Å². The Morgan fingerprint density at radius 2 is 1.97 bits per heavy atom. The molecule has 39 heavy (non-hydrogen) atoms. The fourth-order valence-corrected chi connectivity index (χ4v) is 6.89. The Morgan fingerprint density at radius 3 is 2.67 bits per heavy atom. The monoisotopic (exact) mass is 538 g/mol. The van der Waals surface area contributed by atoms with E-state index in [2.05, 4.69) is 25.7 Å². The van der Waals surface area contributed by atoms with Gasteiger partial charge in [0, 0.05) is 55.7 Å². The topological polar surface area (TPSA) is 123 Å². The molecule has 0 bridgehead atoms. The number of halogens is 2. The number of methoxy groups -OCH3 is 1. The average molecular weight is 539 g/mol. The number of nitrogens with two attached hydrogens (primary N) is 1. The zero-order valence-electron chi connectivity index (χ0n) is 21.8. The summed E-state index contributed by atoms with van der Waals surface area (Å²) < 4.78 is 34.6. The van der Waals surface area contributed by atoms with Crippen molar-refractivity contribution in [1.29, 1.82) is 0 Å². The number of likely N-dealkylation sites (tertiary alicyclic amines) is 1. The fraction of sp³-hybridized carbons (Fsp3) is 0.556. The highest BCUT2D eigenvalue weighted by atomic mass is 19.3. The van der Waals surface area contributed by atoms with Crippen LogP contribution < -0.4 is 21.1 Å². The number of anilines is 2. The summed E-state index contributed by atoms with van der Waals surface area (Å²) in [6.45, 7) is 4.40. The van der Waals surface area contributed by atoms with E-state index in [4.69, 9.17) is 10.5 Å². The van der Waals surface area contributed by atoms with E-state index in [1.807, 2.05) is 17.0 Å². The van der Waals surface area contributed by atoms with Crippen LogP contribution in [0.4, 0.5) is 20.5 Å². The predicted octanol–water partition coefficient (Wildman–Crippen LogP) is 2.60. The Hall–Kier alpha value is -3.54. The summed E-state index contributed by atoms with van der Waals surface area (Å²) in [5.74, 6) is -0.0115. The molecule has 2 saturated heterocycles. The average Bonchev–Trinajstić information content (AvgIpc) is 3.33. The van der Waals surface area contributed by atoms with E-state index >= 15 is 0 Å². The van der Waals surface area contributed by atoms with Crippen molar-refractivity contribution < 1.29 is 18.3 Å². The van der Waals surface area contributed by atoms with Crippen LogP contribution in [0.2, 0.25) is 0 Å². The zero-order valence-corrected chi connectivity index (χ0v) is 21.8. The van der Waals surface area contributed by atoms with Crippen molar-refractivity contribution in [2.24, 2.45) is 23.2 Å². The van der Waals surface area contributed by atoms with E-state index in [1.165, 1.54) is 0 Å². The highest BCUT2D eigenvalue weighted by molar-refractivity contribution is 5.95. The number of nitrogens with zero attached hydrogens (tertiary/aromatic N) is 5. The minimum atomic E-state index is -2.50. The molecule has 4 N–H and O–H groups in total. The first-order chi connectivity index (χ1) is 18.7. The van der Waals surface area contributed by atoms with Crippen LogP contribution in [0.3, 0.4) is 0 Å². The lowest BCUT2D eigenvalue weighted by Crippen LogP contribution is -2.34. The Bertz CT molecular complexity index is 1440. The van der Waals surface area contributed by atoms with Crippen LogP contribution in [0, 0.1) is 23.2 Å². The Balaban J connectivity index is 1.09. The third-order valence-corrected chi connectivity index (χ3v) is 9.16. The number of aromatic nitrogens is 4. The summed E-state index contributed by atoms with van der Waals surface area (Å²) in [6.07, 6.45) is 2.68. The summed E-state index contributed by atoms with van der Waals surface area (Å²) in [7, 11) is 1.59. The van der Waals surface area contributed by atoms with Gasteiger partial charge >= 0.3 is 0 Å². The molecule has 10 nitrogen and oxygen atoms in total. The third kappa shape index (κ3) is 4.07. The number of fused-ring (bicyclic) bond motifs is 2. The van der Waals surface area contributed by atoms with Gasteiger partial charge in [0.15, 0.2) is 5.82 Å². The van der Waals surface area contributed by atoms with Crippen LogP contribution in [0.25, 0.3) is 11.0 Å². The van der Waals surface area contributed by atoms with E-state index in [0.29, 0.717) is 65.9 Å². The SMILES string of the molecule is COc1cc(C(=O)N2C[C@H]3CNC[C@H]3C2)ccc1Cn1ncc2nc(N)nc(NCC3CC4(C3)CC4(F)F)c21. The standard InChI is InChI=1S/C27H32F2N8O2/c1-39-21-4-16(24(38)36-11-18-8-31-9-19(18)12-36)2-3-17(21)13-37-22-20(10-33-37)34-25(30)35-23(22)32-7-15-5-26(6-15)14-27(26,28)29/h2-4,10,15,18-19,31H,5-9,11-14H2,1H3,(H3,30,32,34,35)/t15?,18-,19+,26?. The van der Waals surface area contributed by atoms with E-state index in [0.717, 1.165) is 31.7 Å². The molecule has 4 fully saturated rings. The molecule has 7 rings (SSSR count). The Labute approximate surface area is 224 Å². The number of benzene rings is 1. The van der Waals surface area contributed by atoms with Crippen molar-refractivity contribution in [3.8, 4) is 5.75 Å². The number of alkyl halides is 2. The van der Waals surface area contributed by atoms with Crippen molar-refractivity contribution in [2.45, 2.75) is 31.7 Å². The van der Waals surface area contributed by atoms with Crippen LogP contribution in [-0.2, 0) is 6.54 Å². The lowest BCUT2D eigenvalue weighted by Gasteiger charge is -2.36. The van der Waals surface area contributed by atoms with Gasteiger partial charge in [0.2, 0.25) is 5.95 Å². The minimum absolute atomic E-state index is 0.0107. The molecule has 4 aliphatic rings. The molecular formula is C27H32F2N8O2. The van der Waals surface area contributed by atoms with Crippen molar-refractivity contribution in [2.75, 3.05) is 50.9 Å². The molecule has 2 saturated carbocycles. The lowest BCUT2D eigenvalue weighted by molar-refractivity contribution is 0.00528. The van der Waals surface area contributed by atoms with E-state index in [-0.39, 0.29) is 24.2 Å². The summed E-state index contributed by atoms with van der Waals surface area (Å²) >= 11 is 0. The number of carbonyl (C=O) groups excluding carboxylic acids is 1. The van der Waals surface area contributed by atoms with Crippen molar-refractivity contribution >= 4 is 28.7 Å². The molecule has 1 aromatic carbocycles. The van der Waals surface area contributed by atoms with Crippen LogP contribution >= 0.6 is 0 Å². The molecule has 0 unspecified atom stereocenters.